The van der Waals surface area contributed by atoms with Crippen LogP contribution in [0, 0.1) is 17.3 Å². The highest BCUT2D eigenvalue weighted by Crippen LogP contribution is 2.45. The van der Waals surface area contributed by atoms with E-state index < -0.39 is 12.1 Å². The molecule has 1 aliphatic rings. The lowest BCUT2D eigenvalue weighted by Gasteiger charge is -2.35. The molecule has 1 aliphatic carbocycles. The van der Waals surface area contributed by atoms with Crippen LogP contribution in [-0.4, -0.2) is 28.1 Å². The third-order valence-electron chi connectivity index (χ3n) is 6.88. The number of ketones is 1. The minimum Gasteiger partial charge on any atom is -0.479 e. The van der Waals surface area contributed by atoms with Crippen LogP contribution in [0.4, 0.5) is 0 Å². The highest BCUT2D eigenvalue weighted by atomic mass is 16.4. The summed E-state index contributed by atoms with van der Waals surface area (Å²) in [6, 6.07) is 0. The zero-order chi connectivity index (χ0) is 21.0. The smallest absolute Gasteiger partial charge is 0.332 e. The van der Waals surface area contributed by atoms with Crippen LogP contribution in [0.15, 0.2) is 12.2 Å². The van der Waals surface area contributed by atoms with E-state index in [2.05, 4.69) is 32.9 Å². The summed E-state index contributed by atoms with van der Waals surface area (Å²) in [5.41, 5.74) is 0.0656. The van der Waals surface area contributed by atoms with E-state index in [0.717, 1.165) is 38.5 Å². The van der Waals surface area contributed by atoms with Crippen molar-refractivity contribution in [3.63, 3.8) is 0 Å². The third kappa shape index (κ3) is 8.06. The second kappa shape index (κ2) is 13.1. The Bertz CT molecular complexity index is 493. The van der Waals surface area contributed by atoms with Gasteiger partial charge in [-0.2, -0.15) is 0 Å². The van der Waals surface area contributed by atoms with Crippen molar-refractivity contribution in [2.24, 2.45) is 17.3 Å². The van der Waals surface area contributed by atoms with Gasteiger partial charge in [0.05, 0.1) is 0 Å². The first-order chi connectivity index (χ1) is 13.4. The topological polar surface area (TPSA) is 74.6 Å². The quantitative estimate of drug-likeness (QED) is 0.267. The number of carbonyl (C=O) groups excluding carboxylic acids is 1. The molecule has 0 aromatic carbocycles. The molecule has 0 aromatic rings. The van der Waals surface area contributed by atoms with Crippen molar-refractivity contribution in [1.82, 2.24) is 0 Å². The van der Waals surface area contributed by atoms with E-state index in [4.69, 9.17) is 5.11 Å². The van der Waals surface area contributed by atoms with Crippen LogP contribution in [0.5, 0.6) is 0 Å². The van der Waals surface area contributed by atoms with Gasteiger partial charge in [0.15, 0.2) is 6.10 Å². The van der Waals surface area contributed by atoms with Gasteiger partial charge < -0.3 is 10.2 Å². The highest BCUT2D eigenvalue weighted by molar-refractivity contribution is 5.83. The minimum atomic E-state index is -1.28. The fourth-order valence-corrected chi connectivity index (χ4v) is 4.64. The van der Waals surface area contributed by atoms with E-state index in [-0.39, 0.29) is 17.8 Å². The normalized spacial score (nSPS) is 21.5. The molecule has 0 radical (unpaired) electrons. The zero-order valence-corrected chi connectivity index (χ0v) is 18.3. The monoisotopic (exact) mass is 394 g/mol. The Balaban J connectivity index is 2.64. The number of carboxylic acids is 1. The lowest BCUT2D eigenvalue weighted by molar-refractivity contribution is -0.147. The molecule has 1 unspecified atom stereocenters. The molecule has 0 saturated heterocycles. The number of allylic oxidation sites excluding steroid dienone is 2. The van der Waals surface area contributed by atoms with Crippen LogP contribution >= 0.6 is 0 Å². The molecule has 4 nitrogen and oxygen atoms in total. The molecule has 0 heterocycles. The average Bonchev–Trinajstić information content (AvgIpc) is 3.02. The van der Waals surface area contributed by atoms with Gasteiger partial charge in [-0.15, -0.1) is 0 Å². The molecule has 0 amide bonds. The lowest BCUT2D eigenvalue weighted by Crippen LogP contribution is -2.28. The first-order valence-electron chi connectivity index (χ1n) is 11.5. The van der Waals surface area contributed by atoms with Crippen molar-refractivity contribution < 1.29 is 19.8 Å². The molecule has 3 atom stereocenters. The maximum absolute atomic E-state index is 12.6. The number of Topliss-reactive ketones (excluding diaryl/α,β-unsaturated/α-hetero) is 1. The van der Waals surface area contributed by atoms with Crippen LogP contribution in [0.1, 0.15) is 104 Å². The van der Waals surface area contributed by atoms with E-state index in [0.29, 0.717) is 24.5 Å². The predicted octanol–water partition coefficient (Wildman–Crippen LogP) is 5.92. The summed E-state index contributed by atoms with van der Waals surface area (Å²) >= 11 is 0. The van der Waals surface area contributed by atoms with Crippen molar-refractivity contribution in [3.8, 4) is 0 Å². The lowest BCUT2D eigenvalue weighted by atomic mass is 9.69. The van der Waals surface area contributed by atoms with Gasteiger partial charge in [-0.05, 0) is 56.3 Å². The fraction of sp³-hybridized carbons (Fsp3) is 0.833. The summed E-state index contributed by atoms with van der Waals surface area (Å²) in [7, 11) is 0. The summed E-state index contributed by atoms with van der Waals surface area (Å²) in [6.45, 7) is 6.57. The third-order valence-corrected chi connectivity index (χ3v) is 6.88. The SMILES string of the molecule is CCCCCCC=C[C@H]1CCC(=O)[C@@H]1CC(CC)(CC)CCCC(O)C(=O)O. The average molecular weight is 395 g/mol. The molecule has 4 heteroatoms. The van der Waals surface area contributed by atoms with Crippen LogP contribution in [0.2, 0.25) is 0 Å². The summed E-state index contributed by atoms with van der Waals surface area (Å²) in [5.74, 6) is -0.275. The molecule has 1 saturated carbocycles. The molecular weight excluding hydrogens is 352 g/mol. The summed E-state index contributed by atoms with van der Waals surface area (Å²) in [4.78, 5) is 23.4. The standard InChI is InChI=1S/C24H42O4/c1-4-7-8-9-10-11-13-19-15-16-21(25)20(19)18-24(5-2,6-3)17-12-14-22(26)23(27)28/h11,13,19-20,22,26H,4-10,12,14-18H2,1-3H3,(H,27,28)/t19-,20+,22?/m0/s1. The van der Waals surface area contributed by atoms with Crippen molar-refractivity contribution in [3.05, 3.63) is 12.2 Å². The maximum Gasteiger partial charge on any atom is 0.332 e. The van der Waals surface area contributed by atoms with Gasteiger partial charge in [0.1, 0.15) is 5.78 Å². The van der Waals surface area contributed by atoms with Gasteiger partial charge in [-0.25, -0.2) is 4.79 Å². The number of hydrogen-bond donors (Lipinski definition) is 2. The van der Waals surface area contributed by atoms with Crippen LogP contribution in [-0.2, 0) is 9.59 Å². The predicted molar refractivity (Wildman–Crippen MR) is 114 cm³/mol. The molecule has 28 heavy (non-hydrogen) atoms. The number of aliphatic hydroxyl groups excluding tert-OH is 1. The van der Waals surface area contributed by atoms with E-state index in [1.807, 2.05) is 0 Å². The van der Waals surface area contributed by atoms with Gasteiger partial charge in [0.25, 0.3) is 0 Å². The largest absolute Gasteiger partial charge is 0.479 e. The van der Waals surface area contributed by atoms with Gasteiger partial charge >= 0.3 is 5.97 Å². The van der Waals surface area contributed by atoms with Crippen molar-refractivity contribution in [2.45, 2.75) is 110 Å². The highest BCUT2D eigenvalue weighted by Gasteiger charge is 2.39. The van der Waals surface area contributed by atoms with E-state index in [1.165, 1.54) is 25.7 Å². The Hall–Kier alpha value is -1.16. The molecule has 0 aromatic heterocycles. The molecule has 1 rings (SSSR count). The van der Waals surface area contributed by atoms with E-state index >= 15 is 0 Å². The fourth-order valence-electron chi connectivity index (χ4n) is 4.64. The van der Waals surface area contributed by atoms with Crippen LogP contribution < -0.4 is 0 Å². The number of hydrogen-bond acceptors (Lipinski definition) is 3. The van der Waals surface area contributed by atoms with Crippen molar-refractivity contribution >= 4 is 11.8 Å². The van der Waals surface area contributed by atoms with Gasteiger partial charge in [0, 0.05) is 12.3 Å². The molecule has 1 fully saturated rings. The second-order valence-corrected chi connectivity index (χ2v) is 8.71. The molecule has 2 N–H and O–H groups in total. The Kier molecular flexibility index (Phi) is 11.7. The van der Waals surface area contributed by atoms with Crippen molar-refractivity contribution in [1.29, 1.82) is 0 Å². The van der Waals surface area contributed by atoms with Gasteiger partial charge in [-0.3, -0.25) is 4.79 Å². The van der Waals surface area contributed by atoms with E-state index in [1.54, 1.807) is 0 Å². The van der Waals surface area contributed by atoms with Crippen molar-refractivity contribution in [2.75, 3.05) is 0 Å². The number of rotatable bonds is 15. The number of unbranched alkanes of at least 4 members (excludes halogenated alkanes) is 4. The Morgan fingerprint density at radius 3 is 2.50 bits per heavy atom. The summed E-state index contributed by atoms with van der Waals surface area (Å²) < 4.78 is 0. The Morgan fingerprint density at radius 1 is 1.18 bits per heavy atom. The minimum absolute atomic E-state index is 0.0656. The molecule has 0 aliphatic heterocycles. The summed E-state index contributed by atoms with van der Waals surface area (Å²) in [5, 5.41) is 18.4. The van der Waals surface area contributed by atoms with Crippen LogP contribution in [0.3, 0.4) is 0 Å². The van der Waals surface area contributed by atoms with Gasteiger partial charge in [0.2, 0.25) is 0 Å². The molecule has 0 spiro atoms. The first-order valence-corrected chi connectivity index (χ1v) is 11.5. The molecule has 162 valence electrons. The number of aliphatic hydroxyl groups is 1. The first kappa shape index (κ1) is 24.9. The summed E-state index contributed by atoms with van der Waals surface area (Å²) in [6.07, 6.45) is 15.9. The zero-order valence-electron chi connectivity index (χ0n) is 18.3. The number of aliphatic carboxylic acids is 1. The number of carbonyl (C=O) groups is 2. The maximum atomic E-state index is 12.6. The molecule has 0 bridgehead atoms. The van der Waals surface area contributed by atoms with E-state index in [9.17, 15) is 14.7 Å². The number of carboxylic acid groups (broad SMARTS) is 1. The second-order valence-electron chi connectivity index (χ2n) is 8.71. The van der Waals surface area contributed by atoms with Gasteiger partial charge in [-0.1, -0.05) is 65.0 Å². The Morgan fingerprint density at radius 2 is 1.89 bits per heavy atom. The Labute approximate surface area is 171 Å². The molecular formula is C24H42O4. The van der Waals surface area contributed by atoms with Crippen LogP contribution in [0.25, 0.3) is 0 Å².